The standard InChI is InChI=1S/C28H46N4O5S/c1-17(2)22(16-20(6)25(33)31-38(36,37)21-14-12-19(5)13-15-21)32(11)27(35)24(28(7,8)9)30-26(34)23(29-10)18(3)4/h12-18,22-24,29H,1-11H3,(H,30,34)(H,31,33). The van der Waals surface area contributed by atoms with Gasteiger partial charge in [0.05, 0.1) is 17.0 Å². The first-order valence-electron chi connectivity index (χ1n) is 12.9. The second kappa shape index (κ2) is 13.4. The summed E-state index contributed by atoms with van der Waals surface area (Å²) in [6, 6.07) is 4.38. The fraction of sp³-hybridized carbons (Fsp3) is 0.607. The SMILES string of the molecule is CNC(C(=O)NC(C(=O)N(C)C(C=C(C)C(=O)NS(=O)(=O)c1ccc(C)cc1)C(C)C)C(C)(C)C)C(C)C. The maximum atomic E-state index is 13.7. The molecule has 3 amide bonds. The number of benzene rings is 1. The van der Waals surface area contributed by atoms with E-state index in [9.17, 15) is 22.8 Å². The number of hydrogen-bond acceptors (Lipinski definition) is 6. The minimum Gasteiger partial charge on any atom is -0.342 e. The van der Waals surface area contributed by atoms with Gasteiger partial charge >= 0.3 is 0 Å². The van der Waals surface area contributed by atoms with Crippen molar-refractivity contribution in [1.29, 1.82) is 0 Å². The Balaban J connectivity index is 3.22. The molecule has 0 aliphatic carbocycles. The van der Waals surface area contributed by atoms with Crippen LogP contribution in [0.15, 0.2) is 40.8 Å². The van der Waals surface area contributed by atoms with Gasteiger partial charge in [-0.15, -0.1) is 0 Å². The van der Waals surface area contributed by atoms with Crippen molar-refractivity contribution in [3.05, 3.63) is 41.5 Å². The van der Waals surface area contributed by atoms with Crippen molar-refractivity contribution >= 4 is 27.7 Å². The molecule has 10 heteroatoms. The average molecular weight is 551 g/mol. The Bertz CT molecular complexity index is 1120. The third kappa shape index (κ3) is 8.94. The van der Waals surface area contributed by atoms with Crippen molar-refractivity contribution in [3.8, 4) is 0 Å². The third-order valence-corrected chi connectivity index (χ3v) is 7.82. The number of sulfonamides is 1. The molecule has 0 spiro atoms. The van der Waals surface area contributed by atoms with Crippen molar-refractivity contribution in [2.45, 2.75) is 85.3 Å². The summed E-state index contributed by atoms with van der Waals surface area (Å²) in [4.78, 5) is 41.0. The van der Waals surface area contributed by atoms with Crippen LogP contribution in [0, 0.1) is 24.2 Å². The summed E-state index contributed by atoms with van der Waals surface area (Å²) >= 11 is 0. The van der Waals surface area contributed by atoms with E-state index in [1.165, 1.54) is 24.0 Å². The summed E-state index contributed by atoms with van der Waals surface area (Å²) in [7, 11) is -0.722. The van der Waals surface area contributed by atoms with Crippen LogP contribution in [0.1, 0.15) is 61.0 Å². The molecule has 0 aliphatic heterocycles. The summed E-state index contributed by atoms with van der Waals surface area (Å²) in [5.41, 5.74) is 0.468. The summed E-state index contributed by atoms with van der Waals surface area (Å²) in [5, 5.41) is 5.92. The molecule has 0 heterocycles. The van der Waals surface area contributed by atoms with Crippen LogP contribution >= 0.6 is 0 Å². The summed E-state index contributed by atoms with van der Waals surface area (Å²) in [6.07, 6.45) is 1.59. The maximum Gasteiger partial charge on any atom is 0.264 e. The van der Waals surface area contributed by atoms with Gasteiger partial charge < -0.3 is 15.5 Å². The second-order valence-corrected chi connectivity index (χ2v) is 13.3. The van der Waals surface area contributed by atoms with Crippen LogP contribution in [0.4, 0.5) is 0 Å². The number of nitrogens with one attached hydrogen (secondary N) is 3. The summed E-state index contributed by atoms with van der Waals surface area (Å²) in [5.74, 6) is -1.42. The van der Waals surface area contributed by atoms with E-state index >= 15 is 0 Å². The summed E-state index contributed by atoms with van der Waals surface area (Å²) < 4.78 is 27.5. The molecule has 0 fully saturated rings. The Labute approximate surface area is 228 Å². The van der Waals surface area contributed by atoms with E-state index in [0.29, 0.717) is 0 Å². The number of rotatable bonds is 11. The van der Waals surface area contributed by atoms with Gasteiger partial charge in [0.1, 0.15) is 6.04 Å². The van der Waals surface area contributed by atoms with Gasteiger partial charge in [-0.3, -0.25) is 14.4 Å². The van der Waals surface area contributed by atoms with E-state index in [1.807, 2.05) is 55.4 Å². The lowest BCUT2D eigenvalue weighted by Crippen LogP contribution is -2.59. The lowest BCUT2D eigenvalue weighted by Gasteiger charge is -2.38. The molecule has 3 unspecified atom stereocenters. The number of hydrogen-bond donors (Lipinski definition) is 3. The highest BCUT2D eigenvalue weighted by molar-refractivity contribution is 7.90. The second-order valence-electron chi connectivity index (χ2n) is 11.6. The lowest BCUT2D eigenvalue weighted by atomic mass is 9.84. The Morgan fingerprint density at radius 1 is 0.974 bits per heavy atom. The molecular formula is C28H46N4O5S. The Hall–Kier alpha value is -2.72. The highest BCUT2D eigenvalue weighted by atomic mass is 32.2. The Morgan fingerprint density at radius 3 is 1.92 bits per heavy atom. The van der Waals surface area contributed by atoms with Gasteiger partial charge in [0, 0.05) is 12.6 Å². The van der Waals surface area contributed by atoms with Crippen molar-refractivity contribution in [2.24, 2.45) is 17.3 Å². The summed E-state index contributed by atoms with van der Waals surface area (Å²) in [6.45, 7) is 16.6. The van der Waals surface area contributed by atoms with Crippen LogP contribution in [0.5, 0.6) is 0 Å². The number of likely N-dealkylation sites (N-methyl/N-ethyl adjacent to an activating group) is 2. The molecule has 3 atom stereocenters. The molecule has 0 radical (unpaired) electrons. The van der Waals surface area contributed by atoms with Crippen molar-refractivity contribution < 1.29 is 22.8 Å². The molecule has 0 bridgehead atoms. The van der Waals surface area contributed by atoms with E-state index in [1.54, 1.807) is 32.3 Å². The minimum absolute atomic E-state index is 0.0120. The van der Waals surface area contributed by atoms with Gasteiger partial charge in [0.2, 0.25) is 11.8 Å². The molecule has 1 aromatic carbocycles. The van der Waals surface area contributed by atoms with Gasteiger partial charge in [-0.2, -0.15) is 0 Å². The number of nitrogens with zero attached hydrogens (tertiary/aromatic N) is 1. The first-order valence-corrected chi connectivity index (χ1v) is 14.4. The van der Waals surface area contributed by atoms with E-state index in [0.717, 1.165) is 5.56 Å². The lowest BCUT2D eigenvalue weighted by molar-refractivity contribution is -0.140. The highest BCUT2D eigenvalue weighted by Gasteiger charge is 2.38. The number of carbonyl (C=O) groups is 3. The number of carbonyl (C=O) groups excluding carboxylic acids is 3. The van der Waals surface area contributed by atoms with E-state index in [2.05, 4.69) is 15.4 Å². The molecule has 0 saturated heterocycles. The maximum absolute atomic E-state index is 13.7. The smallest absolute Gasteiger partial charge is 0.264 e. The van der Waals surface area contributed by atoms with Crippen LogP contribution in [0.25, 0.3) is 0 Å². The van der Waals surface area contributed by atoms with Gasteiger partial charge in [-0.25, -0.2) is 13.1 Å². The molecule has 0 aliphatic rings. The van der Waals surface area contributed by atoms with Gasteiger partial charge in [0.25, 0.3) is 15.9 Å². The molecule has 3 N–H and O–H groups in total. The van der Waals surface area contributed by atoms with Crippen molar-refractivity contribution in [2.75, 3.05) is 14.1 Å². The molecule has 0 aromatic heterocycles. The Morgan fingerprint density at radius 2 is 1.50 bits per heavy atom. The van der Waals surface area contributed by atoms with E-state index in [4.69, 9.17) is 0 Å². The largest absolute Gasteiger partial charge is 0.342 e. The molecule has 0 saturated carbocycles. The van der Waals surface area contributed by atoms with E-state index < -0.39 is 39.5 Å². The quantitative estimate of drug-likeness (QED) is 0.364. The topological polar surface area (TPSA) is 125 Å². The normalized spacial score (nSPS) is 15.1. The number of aryl methyl sites for hydroxylation is 1. The predicted molar refractivity (Wildman–Crippen MR) is 151 cm³/mol. The van der Waals surface area contributed by atoms with Crippen LogP contribution in [-0.2, 0) is 24.4 Å². The minimum atomic E-state index is -4.05. The zero-order chi connectivity index (χ0) is 29.6. The van der Waals surface area contributed by atoms with Crippen molar-refractivity contribution in [1.82, 2.24) is 20.3 Å². The van der Waals surface area contributed by atoms with Crippen molar-refractivity contribution in [3.63, 3.8) is 0 Å². The van der Waals surface area contributed by atoms with Crippen LogP contribution < -0.4 is 15.4 Å². The zero-order valence-electron chi connectivity index (χ0n) is 24.7. The first-order chi connectivity index (χ1) is 17.3. The van der Waals surface area contributed by atoms with Crippen LogP contribution in [0.3, 0.4) is 0 Å². The van der Waals surface area contributed by atoms with E-state index in [-0.39, 0.29) is 34.1 Å². The fourth-order valence-electron chi connectivity index (χ4n) is 4.06. The number of amides is 3. The molecule has 38 heavy (non-hydrogen) atoms. The average Bonchev–Trinajstić information content (AvgIpc) is 2.79. The monoisotopic (exact) mass is 550 g/mol. The van der Waals surface area contributed by atoms with Crippen LogP contribution in [0.2, 0.25) is 0 Å². The first kappa shape index (κ1) is 33.3. The molecule has 1 aromatic rings. The Kier molecular flexibility index (Phi) is 11.7. The molecule has 214 valence electrons. The third-order valence-electron chi connectivity index (χ3n) is 6.47. The van der Waals surface area contributed by atoms with Gasteiger partial charge in [-0.1, -0.05) is 72.2 Å². The fourth-order valence-corrected chi connectivity index (χ4v) is 5.08. The van der Waals surface area contributed by atoms with Gasteiger partial charge in [0.15, 0.2) is 0 Å². The van der Waals surface area contributed by atoms with Gasteiger partial charge in [-0.05, 0) is 50.3 Å². The molecule has 1 rings (SSSR count). The molecular weight excluding hydrogens is 504 g/mol. The molecule has 9 nitrogen and oxygen atoms in total. The zero-order valence-corrected chi connectivity index (χ0v) is 25.5. The van der Waals surface area contributed by atoms with Crippen LogP contribution in [-0.4, -0.2) is 63.3 Å². The highest BCUT2D eigenvalue weighted by Crippen LogP contribution is 2.24. The predicted octanol–water partition coefficient (Wildman–Crippen LogP) is 3.00.